The van der Waals surface area contributed by atoms with Crippen molar-refractivity contribution in [1.29, 1.82) is 0 Å². The molecule has 0 spiro atoms. The minimum atomic E-state index is -2.96. The summed E-state index contributed by atoms with van der Waals surface area (Å²) in [7, 11) is -1.02. The van der Waals surface area contributed by atoms with E-state index < -0.39 is 9.84 Å². The molecule has 2 aliphatic rings. The Morgan fingerprint density at radius 3 is 2.76 bits per heavy atom. The Bertz CT molecular complexity index is 1040. The number of aromatic nitrogens is 2. The molecule has 0 unspecified atom stereocenters. The van der Waals surface area contributed by atoms with E-state index in [4.69, 9.17) is 0 Å². The SMILES string of the molecule is Cc1nn([C@@H]2CCS(=O)(=O)C2)c(C)c1CN(C)CC(=O)N1CCc2ccccc21. The topological polar surface area (TPSA) is 75.5 Å². The van der Waals surface area contributed by atoms with Gasteiger partial charge in [0.1, 0.15) is 0 Å². The number of carbonyl (C=O) groups is 1. The van der Waals surface area contributed by atoms with Gasteiger partial charge in [0, 0.05) is 30.0 Å². The van der Waals surface area contributed by atoms with Gasteiger partial charge in [-0.05, 0) is 45.4 Å². The molecule has 4 rings (SSSR count). The van der Waals surface area contributed by atoms with E-state index in [2.05, 4.69) is 11.2 Å². The van der Waals surface area contributed by atoms with Crippen molar-refractivity contribution in [3.05, 3.63) is 46.8 Å². The normalized spacial score (nSPS) is 20.4. The number of anilines is 1. The first-order valence-electron chi connectivity index (χ1n) is 10.1. The molecule has 156 valence electrons. The van der Waals surface area contributed by atoms with Crippen LogP contribution >= 0.6 is 0 Å². The highest BCUT2D eigenvalue weighted by molar-refractivity contribution is 7.91. The molecule has 2 aromatic rings. The van der Waals surface area contributed by atoms with Crippen molar-refractivity contribution in [2.24, 2.45) is 0 Å². The number of nitrogens with zero attached hydrogens (tertiary/aromatic N) is 4. The van der Waals surface area contributed by atoms with Crippen molar-refractivity contribution in [3.8, 4) is 0 Å². The van der Waals surface area contributed by atoms with Crippen LogP contribution in [-0.2, 0) is 27.6 Å². The lowest BCUT2D eigenvalue weighted by atomic mass is 10.1. The summed E-state index contributed by atoms with van der Waals surface area (Å²) in [4.78, 5) is 16.7. The largest absolute Gasteiger partial charge is 0.311 e. The van der Waals surface area contributed by atoms with Gasteiger partial charge in [-0.1, -0.05) is 18.2 Å². The van der Waals surface area contributed by atoms with Gasteiger partial charge < -0.3 is 4.90 Å². The number of hydrogen-bond donors (Lipinski definition) is 0. The molecule has 29 heavy (non-hydrogen) atoms. The van der Waals surface area contributed by atoms with Crippen LogP contribution in [0.15, 0.2) is 24.3 Å². The number of aryl methyl sites for hydroxylation is 1. The maximum Gasteiger partial charge on any atom is 0.241 e. The molecule has 8 heteroatoms. The van der Waals surface area contributed by atoms with E-state index in [9.17, 15) is 13.2 Å². The van der Waals surface area contributed by atoms with Crippen molar-refractivity contribution in [2.75, 3.05) is 36.5 Å². The van der Waals surface area contributed by atoms with Gasteiger partial charge in [-0.15, -0.1) is 0 Å². The van der Waals surface area contributed by atoms with E-state index in [1.165, 1.54) is 5.56 Å². The highest BCUT2D eigenvalue weighted by atomic mass is 32.2. The molecule has 0 aliphatic carbocycles. The molecule has 0 saturated carbocycles. The zero-order valence-corrected chi connectivity index (χ0v) is 18.1. The number of benzene rings is 1. The standard InChI is InChI=1S/C21H28N4O3S/c1-15-19(16(2)25(22-15)18-9-11-29(27,28)14-18)12-23(3)13-21(26)24-10-8-17-6-4-5-7-20(17)24/h4-7,18H,8-14H2,1-3H3/t18-/m1/s1. The summed E-state index contributed by atoms with van der Waals surface area (Å²) in [5.41, 5.74) is 5.22. The molecule has 1 amide bonds. The summed E-state index contributed by atoms with van der Waals surface area (Å²) in [6.07, 6.45) is 1.52. The lowest BCUT2D eigenvalue weighted by Crippen LogP contribution is -2.38. The van der Waals surface area contributed by atoms with Gasteiger partial charge in [0.2, 0.25) is 5.91 Å². The Morgan fingerprint density at radius 1 is 1.28 bits per heavy atom. The van der Waals surface area contributed by atoms with E-state index in [1.807, 2.05) is 53.6 Å². The van der Waals surface area contributed by atoms with Gasteiger partial charge in [0.25, 0.3) is 0 Å². The first-order valence-corrected chi connectivity index (χ1v) is 11.9. The number of carbonyl (C=O) groups excluding carboxylic acids is 1. The molecule has 3 heterocycles. The minimum Gasteiger partial charge on any atom is -0.311 e. The van der Waals surface area contributed by atoms with Gasteiger partial charge in [-0.3, -0.25) is 14.4 Å². The first kappa shape index (κ1) is 20.1. The van der Waals surface area contributed by atoms with Crippen LogP contribution in [0.4, 0.5) is 5.69 Å². The molecule has 7 nitrogen and oxygen atoms in total. The number of fused-ring (bicyclic) bond motifs is 1. The van der Waals surface area contributed by atoms with Crippen molar-refractivity contribution in [1.82, 2.24) is 14.7 Å². The van der Waals surface area contributed by atoms with Crippen LogP contribution in [0, 0.1) is 13.8 Å². The van der Waals surface area contributed by atoms with Crippen LogP contribution < -0.4 is 4.90 Å². The van der Waals surface area contributed by atoms with Crippen molar-refractivity contribution in [3.63, 3.8) is 0 Å². The summed E-state index contributed by atoms with van der Waals surface area (Å²) >= 11 is 0. The molecule has 0 bridgehead atoms. The van der Waals surface area contributed by atoms with E-state index in [0.29, 0.717) is 19.5 Å². The number of sulfone groups is 1. The quantitative estimate of drug-likeness (QED) is 0.744. The second-order valence-electron chi connectivity index (χ2n) is 8.25. The third kappa shape index (κ3) is 3.96. The molecule has 1 aromatic heterocycles. The summed E-state index contributed by atoms with van der Waals surface area (Å²) in [5, 5.41) is 4.63. The van der Waals surface area contributed by atoms with Gasteiger partial charge >= 0.3 is 0 Å². The Balaban J connectivity index is 1.44. The van der Waals surface area contributed by atoms with Crippen LogP contribution in [0.1, 0.15) is 35.0 Å². The van der Waals surface area contributed by atoms with Crippen LogP contribution in [0.3, 0.4) is 0 Å². The molecule has 1 fully saturated rings. The van der Waals surface area contributed by atoms with Gasteiger partial charge in [-0.2, -0.15) is 5.10 Å². The van der Waals surface area contributed by atoms with Crippen LogP contribution in [0.2, 0.25) is 0 Å². The molecular formula is C21H28N4O3S. The molecule has 1 aromatic carbocycles. The second-order valence-corrected chi connectivity index (χ2v) is 10.5. The smallest absolute Gasteiger partial charge is 0.241 e. The highest BCUT2D eigenvalue weighted by Gasteiger charge is 2.32. The number of para-hydroxylation sites is 1. The number of hydrogen-bond acceptors (Lipinski definition) is 5. The van der Waals surface area contributed by atoms with Crippen LogP contribution in [0.5, 0.6) is 0 Å². The number of rotatable bonds is 5. The molecular weight excluding hydrogens is 388 g/mol. The average molecular weight is 417 g/mol. The van der Waals surface area contributed by atoms with E-state index in [-0.39, 0.29) is 23.5 Å². The van der Waals surface area contributed by atoms with E-state index in [1.54, 1.807) is 0 Å². The Kier molecular flexibility index (Phi) is 5.25. The Hall–Kier alpha value is -2.19. The molecule has 0 N–H and O–H groups in total. The predicted molar refractivity (Wildman–Crippen MR) is 113 cm³/mol. The summed E-state index contributed by atoms with van der Waals surface area (Å²) in [6, 6.07) is 7.99. The predicted octanol–water partition coefficient (Wildman–Crippen LogP) is 1.88. The summed E-state index contributed by atoms with van der Waals surface area (Å²) in [6.45, 7) is 5.62. The summed E-state index contributed by atoms with van der Waals surface area (Å²) < 4.78 is 25.6. The number of likely N-dealkylation sites (N-methyl/N-ethyl adjacent to an activating group) is 1. The van der Waals surface area contributed by atoms with Crippen molar-refractivity contribution in [2.45, 2.75) is 39.3 Å². The lowest BCUT2D eigenvalue weighted by molar-refractivity contribution is -0.119. The number of amides is 1. The van der Waals surface area contributed by atoms with Crippen LogP contribution in [0.25, 0.3) is 0 Å². The molecule has 2 aliphatic heterocycles. The zero-order valence-electron chi connectivity index (χ0n) is 17.3. The van der Waals surface area contributed by atoms with Crippen molar-refractivity contribution < 1.29 is 13.2 Å². The minimum absolute atomic E-state index is 0.0829. The van der Waals surface area contributed by atoms with Gasteiger partial charge in [0.15, 0.2) is 9.84 Å². The molecule has 1 saturated heterocycles. The first-order chi connectivity index (χ1) is 13.7. The van der Waals surface area contributed by atoms with Gasteiger partial charge in [-0.25, -0.2) is 8.42 Å². The third-order valence-corrected chi connectivity index (χ3v) is 7.80. The Labute approximate surface area is 172 Å². The van der Waals surface area contributed by atoms with Gasteiger partial charge in [0.05, 0.1) is 29.8 Å². The third-order valence-electron chi connectivity index (χ3n) is 6.05. The monoisotopic (exact) mass is 416 g/mol. The highest BCUT2D eigenvalue weighted by Crippen LogP contribution is 2.29. The zero-order chi connectivity index (χ0) is 20.8. The second kappa shape index (κ2) is 7.57. The van der Waals surface area contributed by atoms with E-state index in [0.717, 1.165) is 35.6 Å². The Morgan fingerprint density at radius 2 is 2.03 bits per heavy atom. The van der Waals surface area contributed by atoms with Crippen LogP contribution in [-0.4, -0.2) is 60.6 Å². The molecule has 1 atom stereocenters. The lowest BCUT2D eigenvalue weighted by Gasteiger charge is -2.22. The summed E-state index contributed by atoms with van der Waals surface area (Å²) in [5.74, 6) is 0.496. The fourth-order valence-electron chi connectivity index (χ4n) is 4.49. The van der Waals surface area contributed by atoms with E-state index >= 15 is 0 Å². The van der Waals surface area contributed by atoms with Crippen molar-refractivity contribution >= 4 is 21.4 Å². The average Bonchev–Trinajstić information content (AvgIpc) is 3.33. The fourth-order valence-corrected chi connectivity index (χ4v) is 6.18. The molecule has 0 radical (unpaired) electrons. The fraction of sp³-hybridized carbons (Fsp3) is 0.524. The maximum atomic E-state index is 12.9. The maximum absolute atomic E-state index is 12.9.